The number of nitro groups is 1. The molecule has 0 aliphatic heterocycles. The minimum Gasteiger partial charge on any atom is -0.493 e. The average molecular weight is 342 g/mol. The van der Waals surface area contributed by atoms with Crippen LogP contribution >= 0.6 is 0 Å². The van der Waals surface area contributed by atoms with Gasteiger partial charge in [-0.15, -0.1) is 0 Å². The van der Waals surface area contributed by atoms with Crippen LogP contribution in [0.25, 0.3) is 0 Å². The minimum absolute atomic E-state index is 0.0607. The molecule has 0 radical (unpaired) electrons. The van der Waals surface area contributed by atoms with E-state index in [1.165, 1.54) is 19.2 Å². The number of aliphatic hydroxyl groups is 1. The van der Waals surface area contributed by atoms with Crippen LogP contribution < -0.4 is 14.8 Å². The van der Waals surface area contributed by atoms with Crippen molar-refractivity contribution in [3.8, 4) is 11.5 Å². The molecule has 0 spiro atoms. The first-order valence-corrected chi connectivity index (χ1v) is 7.23. The van der Waals surface area contributed by atoms with Gasteiger partial charge in [-0.2, -0.15) is 0 Å². The van der Waals surface area contributed by atoms with Crippen LogP contribution in [0, 0.1) is 10.1 Å². The summed E-state index contributed by atoms with van der Waals surface area (Å²) in [6, 6.07) is 2.52. The number of rotatable bonds is 7. The van der Waals surface area contributed by atoms with E-state index in [2.05, 4.69) is 5.32 Å². The van der Waals surface area contributed by atoms with Crippen molar-refractivity contribution in [2.45, 2.75) is 33.0 Å². The van der Waals surface area contributed by atoms with Gasteiger partial charge >= 0.3 is 6.09 Å². The molecule has 0 heterocycles. The number of hydrogen-bond donors (Lipinski definition) is 2. The summed E-state index contributed by atoms with van der Waals surface area (Å²) < 4.78 is 15.6. The fourth-order valence-electron chi connectivity index (χ4n) is 1.79. The van der Waals surface area contributed by atoms with E-state index < -0.39 is 23.2 Å². The quantitative estimate of drug-likeness (QED) is 0.441. The number of carbonyl (C=O) groups excluding carboxylic acids is 1. The summed E-state index contributed by atoms with van der Waals surface area (Å²) >= 11 is 0. The molecular weight excluding hydrogens is 320 g/mol. The molecular formula is C15H22N2O7. The second-order valence-electron chi connectivity index (χ2n) is 5.82. The lowest BCUT2D eigenvalue weighted by Gasteiger charge is -2.19. The molecule has 0 aliphatic rings. The van der Waals surface area contributed by atoms with Gasteiger partial charge in [0, 0.05) is 0 Å². The number of hydrogen-bond acceptors (Lipinski definition) is 7. The van der Waals surface area contributed by atoms with E-state index in [9.17, 15) is 20.0 Å². The lowest BCUT2D eigenvalue weighted by molar-refractivity contribution is -0.385. The lowest BCUT2D eigenvalue weighted by Crippen LogP contribution is -2.34. The molecule has 0 atom stereocenters. The summed E-state index contributed by atoms with van der Waals surface area (Å²) in [5.74, 6) is 0.398. The molecule has 1 aromatic carbocycles. The Morgan fingerprint density at radius 3 is 2.50 bits per heavy atom. The fourth-order valence-corrected chi connectivity index (χ4v) is 1.79. The van der Waals surface area contributed by atoms with Crippen molar-refractivity contribution >= 4 is 11.8 Å². The molecule has 134 valence electrons. The number of alkyl carbamates (subject to hydrolysis) is 1. The number of nitro benzene ring substituents is 1. The number of carbonyl (C=O) groups is 1. The van der Waals surface area contributed by atoms with Gasteiger partial charge in [0.2, 0.25) is 0 Å². The van der Waals surface area contributed by atoms with E-state index in [1.807, 2.05) is 0 Å². The van der Waals surface area contributed by atoms with Crippen molar-refractivity contribution in [1.29, 1.82) is 0 Å². The summed E-state index contributed by atoms with van der Waals surface area (Å²) in [7, 11) is 1.38. The van der Waals surface area contributed by atoms with Crippen LogP contribution in [0.5, 0.6) is 11.5 Å². The number of ether oxygens (including phenoxy) is 3. The van der Waals surface area contributed by atoms with Crippen molar-refractivity contribution in [3.05, 3.63) is 27.8 Å². The molecule has 1 rings (SSSR count). The van der Waals surface area contributed by atoms with Gasteiger partial charge in [-0.25, -0.2) is 4.79 Å². The second-order valence-corrected chi connectivity index (χ2v) is 5.82. The van der Waals surface area contributed by atoms with E-state index in [0.29, 0.717) is 0 Å². The van der Waals surface area contributed by atoms with E-state index in [4.69, 9.17) is 14.2 Å². The van der Waals surface area contributed by atoms with Gasteiger partial charge in [0.25, 0.3) is 5.69 Å². The largest absolute Gasteiger partial charge is 0.493 e. The van der Waals surface area contributed by atoms with Gasteiger partial charge < -0.3 is 24.6 Å². The standard InChI is InChI=1S/C15H22N2O7/c1-15(2,3)24-14(19)16-5-6-23-13-8-11(17(20)21)10(9-18)7-12(13)22-4/h7-8,18H,5-6,9H2,1-4H3,(H,16,19). The van der Waals surface area contributed by atoms with Crippen LogP contribution in [0.1, 0.15) is 26.3 Å². The molecule has 1 amide bonds. The highest BCUT2D eigenvalue weighted by Crippen LogP contribution is 2.34. The third-order valence-electron chi connectivity index (χ3n) is 2.76. The van der Waals surface area contributed by atoms with E-state index in [0.717, 1.165) is 0 Å². The molecule has 0 saturated carbocycles. The first-order chi connectivity index (χ1) is 11.2. The van der Waals surface area contributed by atoms with Crippen LogP contribution in [0.15, 0.2) is 12.1 Å². The Balaban J connectivity index is 2.69. The molecule has 1 aromatic rings. The normalized spacial score (nSPS) is 10.9. The minimum atomic E-state index is -0.614. The van der Waals surface area contributed by atoms with E-state index in [1.54, 1.807) is 20.8 Å². The van der Waals surface area contributed by atoms with Gasteiger partial charge in [-0.3, -0.25) is 10.1 Å². The van der Waals surface area contributed by atoms with Crippen molar-refractivity contribution < 1.29 is 29.0 Å². The van der Waals surface area contributed by atoms with Gasteiger partial charge in [-0.1, -0.05) is 0 Å². The van der Waals surface area contributed by atoms with Crippen LogP contribution in [-0.4, -0.2) is 42.0 Å². The summed E-state index contributed by atoms with van der Waals surface area (Å²) in [5.41, 5.74) is -0.751. The molecule has 0 aromatic heterocycles. The highest BCUT2D eigenvalue weighted by atomic mass is 16.6. The van der Waals surface area contributed by atoms with Crippen LogP contribution in [0.3, 0.4) is 0 Å². The molecule has 2 N–H and O–H groups in total. The number of nitrogens with one attached hydrogen (secondary N) is 1. The smallest absolute Gasteiger partial charge is 0.407 e. The first kappa shape index (κ1) is 19.5. The molecule has 0 bridgehead atoms. The molecule has 24 heavy (non-hydrogen) atoms. The summed E-state index contributed by atoms with van der Waals surface area (Å²) in [6.07, 6.45) is -0.584. The van der Waals surface area contributed by atoms with Crippen molar-refractivity contribution in [2.75, 3.05) is 20.3 Å². The zero-order valence-electron chi connectivity index (χ0n) is 14.1. The maximum Gasteiger partial charge on any atom is 0.407 e. The van der Waals surface area contributed by atoms with Gasteiger partial charge in [-0.05, 0) is 26.8 Å². The Morgan fingerprint density at radius 2 is 2.00 bits per heavy atom. The van der Waals surface area contributed by atoms with Gasteiger partial charge in [0.15, 0.2) is 11.5 Å². The number of amides is 1. The molecule has 9 heteroatoms. The highest BCUT2D eigenvalue weighted by Gasteiger charge is 2.19. The second kappa shape index (κ2) is 8.34. The zero-order valence-corrected chi connectivity index (χ0v) is 14.1. The molecule has 0 aliphatic carbocycles. The maximum absolute atomic E-state index is 11.5. The Hall–Kier alpha value is -2.55. The van der Waals surface area contributed by atoms with Crippen LogP contribution in [0.2, 0.25) is 0 Å². The predicted octanol–water partition coefficient (Wildman–Crippen LogP) is 2.00. The Bertz CT molecular complexity index is 596. The SMILES string of the molecule is COc1cc(CO)c([N+](=O)[O-])cc1OCCNC(=O)OC(C)(C)C. The highest BCUT2D eigenvalue weighted by molar-refractivity contribution is 5.67. The Labute approximate surface area is 139 Å². The molecule has 0 saturated heterocycles. The number of methoxy groups -OCH3 is 1. The van der Waals surface area contributed by atoms with Crippen LogP contribution in [0.4, 0.5) is 10.5 Å². The lowest BCUT2D eigenvalue weighted by atomic mass is 10.1. The molecule has 0 unspecified atom stereocenters. The fraction of sp³-hybridized carbons (Fsp3) is 0.533. The third-order valence-corrected chi connectivity index (χ3v) is 2.76. The summed E-state index contributed by atoms with van der Waals surface area (Å²) in [6.45, 7) is 4.95. The van der Waals surface area contributed by atoms with E-state index in [-0.39, 0.29) is 35.9 Å². The van der Waals surface area contributed by atoms with Crippen molar-refractivity contribution in [3.63, 3.8) is 0 Å². The van der Waals surface area contributed by atoms with Crippen molar-refractivity contribution in [1.82, 2.24) is 5.32 Å². The topological polar surface area (TPSA) is 120 Å². The Kier molecular flexibility index (Phi) is 6.78. The van der Waals surface area contributed by atoms with Gasteiger partial charge in [0.05, 0.1) is 36.8 Å². The molecule has 0 fully saturated rings. The first-order valence-electron chi connectivity index (χ1n) is 7.23. The van der Waals surface area contributed by atoms with Crippen LogP contribution in [-0.2, 0) is 11.3 Å². The average Bonchev–Trinajstić information content (AvgIpc) is 2.48. The predicted molar refractivity (Wildman–Crippen MR) is 85.3 cm³/mol. The Morgan fingerprint density at radius 1 is 1.33 bits per heavy atom. The number of aliphatic hydroxyl groups excluding tert-OH is 1. The molecule has 9 nitrogen and oxygen atoms in total. The summed E-state index contributed by atoms with van der Waals surface area (Å²) in [5, 5.41) is 22.7. The van der Waals surface area contributed by atoms with Crippen molar-refractivity contribution in [2.24, 2.45) is 0 Å². The zero-order chi connectivity index (χ0) is 18.3. The van der Waals surface area contributed by atoms with E-state index >= 15 is 0 Å². The maximum atomic E-state index is 11.5. The monoisotopic (exact) mass is 342 g/mol. The number of nitrogens with zero attached hydrogens (tertiary/aromatic N) is 1. The summed E-state index contributed by atoms with van der Waals surface area (Å²) in [4.78, 5) is 21.9. The van der Waals surface area contributed by atoms with Gasteiger partial charge in [0.1, 0.15) is 12.2 Å². The number of benzene rings is 1. The third kappa shape index (κ3) is 5.92.